The normalized spacial score (nSPS) is 16.2. The van der Waals surface area contributed by atoms with Gasteiger partial charge in [-0.1, -0.05) is 6.07 Å². The molecule has 8 nitrogen and oxygen atoms in total. The van der Waals surface area contributed by atoms with Crippen LogP contribution in [0.4, 0.5) is 0 Å². The molecule has 0 radical (unpaired) electrons. The Morgan fingerprint density at radius 2 is 2.12 bits per heavy atom. The summed E-state index contributed by atoms with van der Waals surface area (Å²) >= 11 is 0. The van der Waals surface area contributed by atoms with Crippen molar-refractivity contribution >= 4 is 11.8 Å². The van der Waals surface area contributed by atoms with E-state index in [1.54, 1.807) is 24.3 Å². The first-order valence-electron chi connectivity index (χ1n) is 7.93. The Hall–Kier alpha value is -3.00. The maximum atomic E-state index is 12.2. The maximum Gasteiger partial charge on any atom is 0.289 e. The number of carbonyl (C=O) groups excluding carboxylic acids is 2. The second-order valence-electron chi connectivity index (χ2n) is 5.47. The molecule has 1 aromatic carbocycles. The average molecular weight is 342 g/mol. The van der Waals surface area contributed by atoms with Crippen molar-refractivity contribution in [2.75, 3.05) is 13.2 Å². The second-order valence-corrected chi connectivity index (χ2v) is 5.47. The lowest BCUT2D eigenvalue weighted by molar-refractivity contribution is 0.0679. The number of nitrogens with zero attached hydrogens (tertiary/aromatic N) is 2. The van der Waals surface area contributed by atoms with Crippen LogP contribution in [0.3, 0.4) is 0 Å². The highest BCUT2D eigenvalue weighted by Gasteiger charge is 2.16. The van der Waals surface area contributed by atoms with Crippen LogP contribution in [-0.2, 0) is 4.74 Å². The third kappa shape index (κ3) is 4.74. The van der Waals surface area contributed by atoms with Crippen LogP contribution in [0.1, 0.15) is 33.7 Å². The fourth-order valence-electron chi connectivity index (χ4n) is 2.36. The van der Waals surface area contributed by atoms with Crippen LogP contribution in [0, 0.1) is 0 Å². The van der Waals surface area contributed by atoms with Crippen LogP contribution in [0.25, 0.3) is 0 Å². The first kappa shape index (κ1) is 16.8. The molecule has 1 fully saturated rings. The summed E-state index contributed by atoms with van der Waals surface area (Å²) in [5.74, 6) is -0.435. The largest absolute Gasteiger partial charge is 0.491 e. The van der Waals surface area contributed by atoms with E-state index in [9.17, 15) is 9.59 Å². The summed E-state index contributed by atoms with van der Waals surface area (Å²) in [5.41, 5.74) is 5.10. The third-order valence-corrected chi connectivity index (χ3v) is 3.64. The molecule has 1 aromatic heterocycles. The molecule has 3 rings (SSSR count). The van der Waals surface area contributed by atoms with E-state index in [-0.39, 0.29) is 11.8 Å². The van der Waals surface area contributed by atoms with Crippen molar-refractivity contribution in [2.24, 2.45) is 0 Å². The fraction of sp³-hybridized carbons (Fsp3) is 0.294. The second kappa shape index (κ2) is 8.20. The lowest BCUT2D eigenvalue weighted by atomic mass is 10.2. The number of hydrogen-bond donors (Lipinski definition) is 2. The summed E-state index contributed by atoms with van der Waals surface area (Å²) < 4.78 is 11.2. The van der Waals surface area contributed by atoms with E-state index < -0.39 is 11.8 Å². The van der Waals surface area contributed by atoms with Gasteiger partial charge in [0.05, 0.1) is 12.3 Å². The Balaban J connectivity index is 1.53. The van der Waals surface area contributed by atoms with Gasteiger partial charge in [0.2, 0.25) is 0 Å². The maximum absolute atomic E-state index is 12.2. The van der Waals surface area contributed by atoms with Crippen molar-refractivity contribution in [1.29, 1.82) is 0 Å². The quantitative estimate of drug-likeness (QED) is 0.789. The van der Waals surface area contributed by atoms with E-state index in [2.05, 4.69) is 20.8 Å². The molecule has 0 spiro atoms. The van der Waals surface area contributed by atoms with Gasteiger partial charge >= 0.3 is 0 Å². The van der Waals surface area contributed by atoms with E-state index in [1.807, 2.05) is 0 Å². The highest BCUT2D eigenvalue weighted by Crippen LogP contribution is 2.17. The van der Waals surface area contributed by atoms with Crippen molar-refractivity contribution in [3.05, 3.63) is 54.1 Å². The molecule has 0 saturated carbocycles. The van der Waals surface area contributed by atoms with Gasteiger partial charge in [-0.25, -0.2) is 4.98 Å². The molecular weight excluding hydrogens is 324 g/mol. The van der Waals surface area contributed by atoms with Crippen molar-refractivity contribution in [1.82, 2.24) is 20.8 Å². The fourth-order valence-corrected chi connectivity index (χ4v) is 2.36. The first-order valence-corrected chi connectivity index (χ1v) is 7.93. The molecule has 0 aliphatic carbocycles. The molecule has 1 atom stereocenters. The highest BCUT2D eigenvalue weighted by molar-refractivity contribution is 5.98. The van der Waals surface area contributed by atoms with Gasteiger partial charge in [0.1, 0.15) is 18.1 Å². The van der Waals surface area contributed by atoms with Crippen LogP contribution in [0.2, 0.25) is 0 Å². The Morgan fingerprint density at radius 3 is 2.88 bits per heavy atom. The van der Waals surface area contributed by atoms with Crippen LogP contribution >= 0.6 is 0 Å². The standard InChI is InChI=1S/C17H18N4O4/c22-16(20-21-17(23)15-10-18-6-7-19-15)12-3-1-4-13(9-12)25-11-14-5-2-8-24-14/h1,3-4,6-7,9-10,14H,2,5,8,11H2,(H,20,22)(H,21,23). The van der Waals surface area contributed by atoms with Crippen LogP contribution in [-0.4, -0.2) is 41.1 Å². The summed E-state index contributed by atoms with van der Waals surface area (Å²) in [7, 11) is 0. The van der Waals surface area contributed by atoms with Crippen molar-refractivity contribution in [3.63, 3.8) is 0 Å². The molecule has 2 heterocycles. The molecule has 2 aromatic rings. The predicted molar refractivity (Wildman–Crippen MR) is 87.9 cm³/mol. The number of hydrazine groups is 1. The monoisotopic (exact) mass is 342 g/mol. The van der Waals surface area contributed by atoms with Gasteiger partial charge in [-0.05, 0) is 31.0 Å². The molecule has 1 aliphatic heterocycles. The summed E-state index contributed by atoms with van der Waals surface area (Å²) in [5, 5.41) is 0. The van der Waals surface area contributed by atoms with Gasteiger partial charge < -0.3 is 9.47 Å². The van der Waals surface area contributed by atoms with Crippen molar-refractivity contribution in [2.45, 2.75) is 18.9 Å². The molecule has 25 heavy (non-hydrogen) atoms. The number of benzene rings is 1. The first-order chi connectivity index (χ1) is 12.2. The molecule has 1 saturated heterocycles. The Labute approximate surface area is 144 Å². The summed E-state index contributed by atoms with van der Waals surface area (Å²) in [6.45, 7) is 1.22. The smallest absolute Gasteiger partial charge is 0.289 e. The predicted octanol–water partition coefficient (Wildman–Crippen LogP) is 1.11. The molecule has 0 bridgehead atoms. The number of amides is 2. The van der Waals surface area contributed by atoms with Crippen molar-refractivity contribution < 1.29 is 19.1 Å². The Kier molecular flexibility index (Phi) is 5.53. The van der Waals surface area contributed by atoms with Crippen molar-refractivity contribution in [3.8, 4) is 5.75 Å². The van der Waals surface area contributed by atoms with E-state index in [0.29, 0.717) is 17.9 Å². The number of carbonyl (C=O) groups is 2. The van der Waals surface area contributed by atoms with Gasteiger partial charge in [-0.15, -0.1) is 0 Å². The SMILES string of the molecule is O=C(NNC(=O)c1cnccn1)c1cccc(OCC2CCCO2)c1. The molecule has 2 N–H and O–H groups in total. The van der Waals surface area contributed by atoms with Crippen LogP contribution < -0.4 is 15.6 Å². The molecule has 1 unspecified atom stereocenters. The number of aromatic nitrogens is 2. The summed E-state index contributed by atoms with van der Waals surface area (Å²) in [4.78, 5) is 31.6. The van der Waals surface area contributed by atoms with Gasteiger partial charge in [-0.2, -0.15) is 0 Å². The van der Waals surface area contributed by atoms with Gasteiger partial charge in [-0.3, -0.25) is 25.4 Å². The zero-order chi connectivity index (χ0) is 17.5. The minimum absolute atomic E-state index is 0.101. The zero-order valence-electron chi connectivity index (χ0n) is 13.5. The summed E-state index contributed by atoms with van der Waals surface area (Å²) in [6, 6.07) is 6.72. The molecular formula is C17H18N4O4. The van der Waals surface area contributed by atoms with Gasteiger partial charge in [0, 0.05) is 24.6 Å². The van der Waals surface area contributed by atoms with Gasteiger partial charge in [0.15, 0.2) is 0 Å². The van der Waals surface area contributed by atoms with Crippen LogP contribution in [0.15, 0.2) is 42.9 Å². The minimum atomic E-state index is -0.549. The molecule has 1 aliphatic rings. The van der Waals surface area contributed by atoms with Gasteiger partial charge in [0.25, 0.3) is 11.8 Å². The van der Waals surface area contributed by atoms with E-state index >= 15 is 0 Å². The van der Waals surface area contributed by atoms with E-state index in [4.69, 9.17) is 9.47 Å². The average Bonchev–Trinajstić information content (AvgIpc) is 3.19. The van der Waals surface area contributed by atoms with Crippen LogP contribution in [0.5, 0.6) is 5.75 Å². The molecule has 130 valence electrons. The highest BCUT2D eigenvalue weighted by atomic mass is 16.5. The van der Waals surface area contributed by atoms with E-state index in [1.165, 1.54) is 18.6 Å². The number of nitrogens with one attached hydrogen (secondary N) is 2. The van der Waals surface area contributed by atoms with E-state index in [0.717, 1.165) is 19.4 Å². The lowest BCUT2D eigenvalue weighted by Crippen LogP contribution is -2.42. The summed E-state index contributed by atoms with van der Waals surface area (Å²) in [6.07, 6.45) is 6.28. The topological polar surface area (TPSA) is 102 Å². The lowest BCUT2D eigenvalue weighted by Gasteiger charge is -2.12. The number of hydrogen-bond acceptors (Lipinski definition) is 6. The number of rotatable bonds is 5. The zero-order valence-corrected chi connectivity index (χ0v) is 13.5. The Morgan fingerprint density at radius 1 is 1.24 bits per heavy atom. The molecule has 2 amide bonds. The molecule has 8 heteroatoms. The minimum Gasteiger partial charge on any atom is -0.491 e. The third-order valence-electron chi connectivity index (χ3n) is 3.64. The number of ether oxygens (including phenoxy) is 2. The Bertz CT molecular complexity index is 732.